The third-order valence-electron chi connectivity index (χ3n) is 2.88. The quantitative estimate of drug-likeness (QED) is 0.509. The first-order valence-electron chi connectivity index (χ1n) is 5.90. The van der Waals surface area contributed by atoms with Crippen molar-refractivity contribution in [2.24, 2.45) is 5.92 Å². The fourth-order valence-electron chi connectivity index (χ4n) is 1.59. The zero-order valence-electron chi connectivity index (χ0n) is 10.5. The summed E-state index contributed by atoms with van der Waals surface area (Å²) < 4.78 is 5.78. The Morgan fingerprint density at radius 3 is 2.73 bits per heavy atom. The molecule has 15 heavy (non-hydrogen) atoms. The van der Waals surface area contributed by atoms with Crippen LogP contribution in [0.4, 0.5) is 0 Å². The van der Waals surface area contributed by atoms with Crippen molar-refractivity contribution in [2.75, 3.05) is 13.2 Å². The van der Waals surface area contributed by atoms with Crippen LogP contribution in [0.5, 0.6) is 0 Å². The molecule has 1 rings (SSSR count). The second-order valence-corrected chi connectivity index (χ2v) is 11.3. The molecule has 0 bridgehead atoms. The summed E-state index contributed by atoms with van der Waals surface area (Å²) in [5.74, 6) is 0.622. The van der Waals surface area contributed by atoms with Gasteiger partial charge in [0, 0.05) is 20.6 Å². The molecule has 0 saturated carbocycles. The molecule has 0 spiro atoms. The van der Waals surface area contributed by atoms with E-state index >= 15 is 0 Å². The first-order valence-corrected chi connectivity index (χ1v) is 9.61. The van der Waals surface area contributed by atoms with Gasteiger partial charge in [0.15, 0.2) is 0 Å². The van der Waals surface area contributed by atoms with Crippen molar-refractivity contribution in [3.05, 3.63) is 23.8 Å². The topological polar surface area (TPSA) is 9.23 Å². The maximum atomic E-state index is 5.78. The van der Waals surface area contributed by atoms with Crippen LogP contribution in [-0.4, -0.2) is 21.3 Å². The van der Waals surface area contributed by atoms with Crippen LogP contribution >= 0.6 is 0 Å². The highest BCUT2D eigenvalue weighted by Gasteiger charge is 2.14. The normalized spacial score (nSPS) is 21.6. The second-order valence-electron chi connectivity index (χ2n) is 5.66. The molecule has 0 aliphatic heterocycles. The van der Waals surface area contributed by atoms with E-state index < -0.39 is 8.07 Å². The molecule has 1 nitrogen and oxygen atoms in total. The van der Waals surface area contributed by atoms with E-state index in [1.807, 2.05) is 0 Å². The Morgan fingerprint density at radius 1 is 1.40 bits per heavy atom. The summed E-state index contributed by atoms with van der Waals surface area (Å²) in [4.78, 5) is 0. The summed E-state index contributed by atoms with van der Waals surface area (Å²) >= 11 is 0. The predicted octanol–water partition coefficient (Wildman–Crippen LogP) is 3.86. The molecule has 0 radical (unpaired) electrons. The SMILES string of the molecule is CC1=CC=CCC1COCC[Si](C)(C)C. The molecule has 0 aromatic heterocycles. The van der Waals surface area contributed by atoms with Crippen LogP contribution in [-0.2, 0) is 4.74 Å². The zero-order chi connectivity index (χ0) is 11.3. The molecule has 1 aliphatic carbocycles. The molecule has 1 aliphatic rings. The van der Waals surface area contributed by atoms with E-state index in [1.165, 1.54) is 11.6 Å². The van der Waals surface area contributed by atoms with Crippen molar-refractivity contribution >= 4 is 8.07 Å². The molecular weight excluding hydrogens is 200 g/mol. The van der Waals surface area contributed by atoms with Gasteiger partial charge in [-0.15, -0.1) is 0 Å². The lowest BCUT2D eigenvalue weighted by molar-refractivity contribution is 0.121. The molecule has 0 N–H and O–H groups in total. The van der Waals surface area contributed by atoms with E-state index in [2.05, 4.69) is 44.8 Å². The number of rotatable bonds is 5. The summed E-state index contributed by atoms with van der Waals surface area (Å²) in [7, 11) is -0.915. The number of ether oxygens (including phenoxy) is 1. The average Bonchev–Trinajstić information content (AvgIpc) is 2.13. The predicted molar refractivity (Wildman–Crippen MR) is 70.0 cm³/mol. The molecule has 0 aromatic rings. The minimum absolute atomic E-state index is 0.622. The van der Waals surface area contributed by atoms with Gasteiger partial charge in [-0.05, 0) is 19.4 Å². The molecule has 86 valence electrons. The Balaban J connectivity index is 2.16. The lowest BCUT2D eigenvalue weighted by Gasteiger charge is -2.20. The highest BCUT2D eigenvalue weighted by atomic mass is 28.3. The van der Waals surface area contributed by atoms with Gasteiger partial charge in [0.05, 0.1) is 6.61 Å². The smallest absolute Gasteiger partial charge is 0.0534 e. The standard InChI is InChI=1S/C13H24OSi/c1-12-7-5-6-8-13(12)11-14-9-10-15(2,3)4/h5-7,13H,8-11H2,1-4H3. The number of hydrogen-bond acceptors (Lipinski definition) is 1. The summed E-state index contributed by atoms with van der Waals surface area (Å²) in [5, 5.41) is 0. The average molecular weight is 224 g/mol. The van der Waals surface area contributed by atoms with Crippen molar-refractivity contribution in [3.63, 3.8) is 0 Å². The van der Waals surface area contributed by atoms with Crippen LogP contribution in [0.2, 0.25) is 25.7 Å². The molecule has 2 heteroatoms. The molecular formula is C13H24OSi. The third kappa shape index (κ3) is 5.33. The highest BCUT2D eigenvalue weighted by Crippen LogP contribution is 2.20. The van der Waals surface area contributed by atoms with Crippen molar-refractivity contribution in [1.29, 1.82) is 0 Å². The fraction of sp³-hybridized carbons (Fsp3) is 0.692. The van der Waals surface area contributed by atoms with Gasteiger partial charge < -0.3 is 4.74 Å². The highest BCUT2D eigenvalue weighted by molar-refractivity contribution is 6.76. The molecule has 0 aromatic carbocycles. The Bertz CT molecular complexity index is 248. The van der Waals surface area contributed by atoms with Gasteiger partial charge in [0.1, 0.15) is 0 Å². The Labute approximate surface area is 95.2 Å². The largest absolute Gasteiger partial charge is 0.381 e. The van der Waals surface area contributed by atoms with E-state index in [1.54, 1.807) is 0 Å². The van der Waals surface area contributed by atoms with Crippen molar-refractivity contribution in [1.82, 2.24) is 0 Å². The van der Waals surface area contributed by atoms with E-state index in [0.29, 0.717) is 5.92 Å². The lowest BCUT2D eigenvalue weighted by atomic mass is 9.94. The van der Waals surface area contributed by atoms with Gasteiger partial charge >= 0.3 is 0 Å². The summed E-state index contributed by atoms with van der Waals surface area (Å²) in [6, 6.07) is 1.28. The van der Waals surface area contributed by atoms with Crippen LogP contribution in [0.15, 0.2) is 23.8 Å². The maximum Gasteiger partial charge on any atom is 0.0534 e. The molecule has 1 unspecified atom stereocenters. The Morgan fingerprint density at radius 2 is 2.13 bits per heavy atom. The molecule has 0 fully saturated rings. The first kappa shape index (κ1) is 12.7. The monoisotopic (exact) mass is 224 g/mol. The van der Waals surface area contributed by atoms with Gasteiger partial charge in [-0.1, -0.05) is 43.4 Å². The second kappa shape index (κ2) is 5.66. The van der Waals surface area contributed by atoms with Crippen LogP contribution < -0.4 is 0 Å². The zero-order valence-corrected chi connectivity index (χ0v) is 11.5. The van der Waals surface area contributed by atoms with Gasteiger partial charge in [0.25, 0.3) is 0 Å². The van der Waals surface area contributed by atoms with Crippen LogP contribution in [0.25, 0.3) is 0 Å². The summed E-state index contributed by atoms with van der Waals surface area (Å²) in [6.45, 7) is 11.2. The number of allylic oxidation sites excluding steroid dienone is 3. The summed E-state index contributed by atoms with van der Waals surface area (Å²) in [6.07, 6.45) is 7.73. The van der Waals surface area contributed by atoms with Crippen LogP contribution in [0.3, 0.4) is 0 Å². The molecule has 0 saturated heterocycles. The van der Waals surface area contributed by atoms with Gasteiger partial charge in [-0.25, -0.2) is 0 Å². The third-order valence-corrected chi connectivity index (χ3v) is 4.58. The van der Waals surface area contributed by atoms with E-state index in [4.69, 9.17) is 4.74 Å². The van der Waals surface area contributed by atoms with Gasteiger partial charge in [0.2, 0.25) is 0 Å². The minimum Gasteiger partial charge on any atom is -0.381 e. The summed E-state index contributed by atoms with van der Waals surface area (Å²) in [5.41, 5.74) is 1.46. The van der Waals surface area contributed by atoms with E-state index in [0.717, 1.165) is 19.6 Å². The lowest BCUT2D eigenvalue weighted by Crippen LogP contribution is -2.23. The van der Waals surface area contributed by atoms with Crippen molar-refractivity contribution < 1.29 is 4.74 Å². The Kier molecular flexibility index (Phi) is 4.80. The first-order chi connectivity index (χ1) is 6.99. The van der Waals surface area contributed by atoms with Gasteiger partial charge in [-0.2, -0.15) is 0 Å². The molecule has 1 atom stereocenters. The number of hydrogen-bond donors (Lipinski definition) is 0. The molecule has 0 amide bonds. The minimum atomic E-state index is -0.915. The van der Waals surface area contributed by atoms with Gasteiger partial charge in [-0.3, -0.25) is 0 Å². The van der Waals surface area contributed by atoms with E-state index in [-0.39, 0.29) is 0 Å². The van der Waals surface area contributed by atoms with Crippen molar-refractivity contribution in [3.8, 4) is 0 Å². The maximum absolute atomic E-state index is 5.78. The molecule has 0 heterocycles. The van der Waals surface area contributed by atoms with E-state index in [9.17, 15) is 0 Å². The van der Waals surface area contributed by atoms with Crippen molar-refractivity contribution in [2.45, 2.75) is 39.0 Å². The van der Waals surface area contributed by atoms with Crippen LogP contribution in [0.1, 0.15) is 13.3 Å². The van der Waals surface area contributed by atoms with Crippen LogP contribution in [0, 0.1) is 5.92 Å². The fourth-order valence-corrected chi connectivity index (χ4v) is 2.34. The Hall–Kier alpha value is -0.343.